The maximum atomic E-state index is 12.7. The number of benzene rings is 1. The topological polar surface area (TPSA) is 90.0 Å². The maximum Gasteiger partial charge on any atom is 0.261 e. The average molecular weight is 370 g/mol. The van der Waals surface area contributed by atoms with Gasteiger partial charge in [0.1, 0.15) is 0 Å². The number of carbonyl (C=O) groups excluding carboxylic acids is 4. The minimum atomic E-state index is -0.389. The van der Waals surface area contributed by atoms with Crippen molar-refractivity contribution in [1.82, 2.24) is 20.0 Å². The Bertz CT molecular complexity index is 812. The van der Waals surface area contributed by atoms with E-state index >= 15 is 0 Å². The summed E-state index contributed by atoms with van der Waals surface area (Å²) in [6.07, 6.45) is 1.63. The number of nitrogens with zero attached hydrogens (tertiary/aromatic N) is 3. The lowest BCUT2D eigenvalue weighted by molar-refractivity contribution is -0.122. The van der Waals surface area contributed by atoms with Crippen molar-refractivity contribution in [2.75, 3.05) is 46.3 Å². The van der Waals surface area contributed by atoms with Crippen LogP contribution in [0.2, 0.25) is 0 Å². The molecule has 0 aromatic heterocycles. The second-order valence-electron chi connectivity index (χ2n) is 6.59. The van der Waals surface area contributed by atoms with Crippen LogP contribution < -0.4 is 5.32 Å². The minimum absolute atomic E-state index is 0.0689. The molecule has 1 N–H and O–H groups in total. The summed E-state index contributed by atoms with van der Waals surface area (Å²) >= 11 is 0. The SMILES string of the molecule is C=CCNC(=O)CN1CCN(C(=O)c2ccc3c(c2)C(=O)N(C)C3=O)CC1. The summed E-state index contributed by atoms with van der Waals surface area (Å²) in [6, 6.07) is 4.61. The van der Waals surface area contributed by atoms with Crippen molar-refractivity contribution < 1.29 is 19.2 Å². The molecule has 0 radical (unpaired) electrons. The molecule has 0 spiro atoms. The molecule has 3 rings (SSSR count). The number of nitrogens with one attached hydrogen (secondary N) is 1. The highest BCUT2D eigenvalue weighted by atomic mass is 16.2. The Labute approximate surface area is 157 Å². The van der Waals surface area contributed by atoms with E-state index in [0.717, 1.165) is 4.90 Å². The standard InChI is InChI=1S/C19H22N4O4/c1-3-6-20-16(24)12-22-7-9-23(10-8-22)17(25)13-4-5-14-15(11-13)19(27)21(2)18(14)26/h3-5,11H,1,6-10,12H2,2H3,(H,20,24). The molecule has 27 heavy (non-hydrogen) atoms. The molecule has 0 saturated carbocycles. The smallest absolute Gasteiger partial charge is 0.261 e. The third-order valence-electron chi connectivity index (χ3n) is 4.81. The maximum absolute atomic E-state index is 12.7. The van der Waals surface area contributed by atoms with Gasteiger partial charge in [-0.3, -0.25) is 29.0 Å². The van der Waals surface area contributed by atoms with Gasteiger partial charge in [-0.2, -0.15) is 0 Å². The molecular weight excluding hydrogens is 348 g/mol. The van der Waals surface area contributed by atoms with Crippen molar-refractivity contribution in [3.05, 3.63) is 47.5 Å². The Hall–Kier alpha value is -3.00. The number of piperazine rings is 1. The van der Waals surface area contributed by atoms with E-state index in [1.54, 1.807) is 17.0 Å². The predicted molar refractivity (Wildman–Crippen MR) is 98.4 cm³/mol. The van der Waals surface area contributed by atoms with Crippen LogP contribution in [0.25, 0.3) is 0 Å². The van der Waals surface area contributed by atoms with Gasteiger partial charge in [0.25, 0.3) is 17.7 Å². The van der Waals surface area contributed by atoms with Gasteiger partial charge in [0.15, 0.2) is 0 Å². The van der Waals surface area contributed by atoms with E-state index in [0.29, 0.717) is 43.9 Å². The second-order valence-corrected chi connectivity index (χ2v) is 6.59. The van der Waals surface area contributed by atoms with Gasteiger partial charge < -0.3 is 10.2 Å². The van der Waals surface area contributed by atoms with E-state index in [4.69, 9.17) is 0 Å². The summed E-state index contributed by atoms with van der Waals surface area (Å²) in [5.74, 6) is -0.985. The molecule has 142 valence electrons. The molecule has 0 aliphatic carbocycles. The Balaban J connectivity index is 1.60. The molecule has 4 amide bonds. The van der Waals surface area contributed by atoms with Crippen LogP contribution in [-0.4, -0.2) is 84.6 Å². The molecule has 2 aliphatic rings. The summed E-state index contributed by atoms with van der Waals surface area (Å²) in [6.45, 7) is 6.47. The first-order valence-corrected chi connectivity index (χ1v) is 8.78. The molecule has 8 nitrogen and oxygen atoms in total. The van der Waals surface area contributed by atoms with Crippen LogP contribution in [0.3, 0.4) is 0 Å². The molecule has 0 bridgehead atoms. The Morgan fingerprint density at radius 3 is 2.44 bits per heavy atom. The van der Waals surface area contributed by atoms with Gasteiger partial charge in [-0.05, 0) is 18.2 Å². The largest absolute Gasteiger partial charge is 0.352 e. The number of amides is 4. The van der Waals surface area contributed by atoms with Crippen LogP contribution in [0, 0.1) is 0 Å². The van der Waals surface area contributed by atoms with Crippen LogP contribution in [0.15, 0.2) is 30.9 Å². The zero-order valence-electron chi connectivity index (χ0n) is 15.2. The lowest BCUT2D eigenvalue weighted by Crippen LogP contribution is -2.51. The zero-order valence-corrected chi connectivity index (χ0v) is 15.2. The molecule has 2 heterocycles. The fourth-order valence-corrected chi connectivity index (χ4v) is 3.23. The molecule has 1 aromatic rings. The average Bonchev–Trinajstić information content (AvgIpc) is 2.90. The molecule has 0 unspecified atom stereocenters. The van der Waals surface area contributed by atoms with Crippen LogP contribution in [0.4, 0.5) is 0 Å². The summed E-state index contributed by atoms with van der Waals surface area (Å²) < 4.78 is 0. The van der Waals surface area contributed by atoms with Crippen LogP contribution >= 0.6 is 0 Å². The van der Waals surface area contributed by atoms with Crippen molar-refractivity contribution in [2.45, 2.75) is 0 Å². The summed E-state index contributed by atoms with van der Waals surface area (Å²) in [5, 5.41) is 2.73. The highest BCUT2D eigenvalue weighted by molar-refractivity contribution is 6.21. The highest BCUT2D eigenvalue weighted by Gasteiger charge is 2.34. The lowest BCUT2D eigenvalue weighted by Gasteiger charge is -2.34. The normalized spacial score (nSPS) is 17.1. The van der Waals surface area contributed by atoms with Crippen LogP contribution in [-0.2, 0) is 4.79 Å². The van der Waals surface area contributed by atoms with Crippen molar-refractivity contribution >= 4 is 23.6 Å². The van der Waals surface area contributed by atoms with Crippen LogP contribution in [0.1, 0.15) is 31.1 Å². The van der Waals surface area contributed by atoms with Crippen molar-refractivity contribution in [3.8, 4) is 0 Å². The van der Waals surface area contributed by atoms with Crippen molar-refractivity contribution in [3.63, 3.8) is 0 Å². The van der Waals surface area contributed by atoms with Gasteiger partial charge in [0.2, 0.25) is 5.91 Å². The monoisotopic (exact) mass is 370 g/mol. The van der Waals surface area contributed by atoms with E-state index in [2.05, 4.69) is 11.9 Å². The molecule has 1 fully saturated rings. The van der Waals surface area contributed by atoms with Gasteiger partial charge in [-0.15, -0.1) is 6.58 Å². The fraction of sp³-hybridized carbons (Fsp3) is 0.368. The van der Waals surface area contributed by atoms with Gasteiger partial charge in [-0.25, -0.2) is 0 Å². The van der Waals surface area contributed by atoms with Gasteiger partial charge in [-0.1, -0.05) is 6.08 Å². The third-order valence-corrected chi connectivity index (χ3v) is 4.81. The second kappa shape index (κ2) is 7.71. The molecule has 1 aromatic carbocycles. The first-order chi connectivity index (χ1) is 12.9. The van der Waals surface area contributed by atoms with E-state index < -0.39 is 0 Å². The number of rotatable bonds is 5. The molecular formula is C19H22N4O4. The number of hydrogen-bond donors (Lipinski definition) is 1. The Morgan fingerprint density at radius 2 is 1.78 bits per heavy atom. The van der Waals surface area contributed by atoms with E-state index in [1.807, 2.05) is 4.90 Å². The van der Waals surface area contributed by atoms with Crippen molar-refractivity contribution in [2.24, 2.45) is 0 Å². The highest BCUT2D eigenvalue weighted by Crippen LogP contribution is 2.23. The number of carbonyl (C=O) groups is 4. The molecule has 8 heteroatoms. The Morgan fingerprint density at radius 1 is 1.11 bits per heavy atom. The lowest BCUT2D eigenvalue weighted by atomic mass is 10.0. The Kier molecular flexibility index (Phi) is 5.36. The first kappa shape index (κ1) is 18.8. The fourth-order valence-electron chi connectivity index (χ4n) is 3.23. The minimum Gasteiger partial charge on any atom is -0.352 e. The van der Waals surface area contributed by atoms with E-state index in [1.165, 1.54) is 19.2 Å². The van der Waals surface area contributed by atoms with Crippen LogP contribution in [0.5, 0.6) is 0 Å². The first-order valence-electron chi connectivity index (χ1n) is 8.78. The number of imide groups is 1. The van der Waals surface area contributed by atoms with Gasteiger partial charge in [0.05, 0.1) is 17.7 Å². The van der Waals surface area contributed by atoms with Gasteiger partial charge in [0, 0.05) is 45.3 Å². The zero-order chi connectivity index (χ0) is 19.6. The van der Waals surface area contributed by atoms with E-state index in [9.17, 15) is 19.2 Å². The molecule has 1 saturated heterocycles. The van der Waals surface area contributed by atoms with Gasteiger partial charge >= 0.3 is 0 Å². The number of hydrogen-bond acceptors (Lipinski definition) is 5. The third kappa shape index (κ3) is 3.75. The molecule has 2 aliphatic heterocycles. The summed E-state index contributed by atoms with van der Waals surface area (Å²) in [7, 11) is 1.43. The number of fused-ring (bicyclic) bond motifs is 1. The summed E-state index contributed by atoms with van der Waals surface area (Å²) in [5.41, 5.74) is 0.989. The van der Waals surface area contributed by atoms with E-state index in [-0.39, 0.29) is 35.7 Å². The van der Waals surface area contributed by atoms with Crippen molar-refractivity contribution in [1.29, 1.82) is 0 Å². The quantitative estimate of drug-likeness (QED) is 0.581. The molecule has 0 atom stereocenters. The summed E-state index contributed by atoms with van der Waals surface area (Å²) in [4.78, 5) is 53.3. The predicted octanol–water partition coefficient (Wildman–Crippen LogP) is -0.0276.